The third-order valence-corrected chi connectivity index (χ3v) is 4.27. The minimum atomic E-state index is 0.599. The lowest BCUT2D eigenvalue weighted by Gasteiger charge is -2.13. The molecule has 130 valence electrons. The van der Waals surface area contributed by atoms with Gasteiger partial charge in [-0.15, -0.1) is 0 Å². The van der Waals surface area contributed by atoms with Crippen molar-refractivity contribution in [2.24, 2.45) is 0 Å². The van der Waals surface area contributed by atoms with Gasteiger partial charge in [0.1, 0.15) is 5.82 Å². The maximum atomic E-state index is 5.11. The minimum absolute atomic E-state index is 0.599. The van der Waals surface area contributed by atoms with E-state index in [-0.39, 0.29) is 0 Å². The van der Waals surface area contributed by atoms with E-state index in [4.69, 9.17) is 9.72 Å². The number of hydrogen-bond donors (Lipinski definition) is 2. The Balaban J connectivity index is 1.91. The lowest BCUT2D eigenvalue weighted by Crippen LogP contribution is -2.09. The molecule has 0 aliphatic carbocycles. The molecule has 0 aliphatic heterocycles. The molecule has 5 heteroatoms. The van der Waals surface area contributed by atoms with Crippen molar-refractivity contribution in [2.45, 2.75) is 20.3 Å². The highest BCUT2D eigenvalue weighted by molar-refractivity contribution is 5.90. The summed E-state index contributed by atoms with van der Waals surface area (Å²) < 4.78 is 5.11. The van der Waals surface area contributed by atoms with Crippen molar-refractivity contribution in [1.82, 2.24) is 9.97 Å². The van der Waals surface area contributed by atoms with Gasteiger partial charge in [0.05, 0.1) is 5.52 Å². The van der Waals surface area contributed by atoms with Crippen LogP contribution in [0.2, 0.25) is 0 Å². The highest BCUT2D eigenvalue weighted by atomic mass is 16.5. The van der Waals surface area contributed by atoms with E-state index in [0.717, 1.165) is 42.0 Å². The second-order valence-corrected chi connectivity index (χ2v) is 6.06. The zero-order valence-electron chi connectivity index (χ0n) is 15.0. The van der Waals surface area contributed by atoms with Crippen LogP contribution in [0, 0.1) is 13.8 Å². The molecule has 3 rings (SSSR count). The molecule has 1 heterocycles. The Hall–Kier alpha value is -2.66. The molecule has 25 heavy (non-hydrogen) atoms. The molecule has 2 N–H and O–H groups in total. The smallest absolute Gasteiger partial charge is 0.229 e. The van der Waals surface area contributed by atoms with Crippen LogP contribution in [0.4, 0.5) is 17.5 Å². The first kappa shape index (κ1) is 17.2. The fraction of sp³-hybridized carbons (Fsp3) is 0.300. The maximum absolute atomic E-state index is 5.11. The molecule has 0 fully saturated rings. The third-order valence-electron chi connectivity index (χ3n) is 4.27. The summed E-state index contributed by atoms with van der Waals surface area (Å²) in [5, 5.41) is 7.78. The fourth-order valence-corrected chi connectivity index (χ4v) is 2.70. The van der Waals surface area contributed by atoms with Crippen LogP contribution >= 0.6 is 0 Å². The summed E-state index contributed by atoms with van der Waals surface area (Å²) in [6.07, 6.45) is 0.925. The minimum Gasteiger partial charge on any atom is -0.385 e. The fourth-order valence-electron chi connectivity index (χ4n) is 2.70. The Bertz CT molecular complexity index is 863. The summed E-state index contributed by atoms with van der Waals surface area (Å²) in [6, 6.07) is 14.2. The monoisotopic (exact) mass is 336 g/mol. The number of anilines is 3. The largest absolute Gasteiger partial charge is 0.385 e. The Kier molecular flexibility index (Phi) is 5.46. The first-order valence-corrected chi connectivity index (χ1v) is 8.52. The highest BCUT2D eigenvalue weighted by Gasteiger charge is 2.09. The molecule has 3 aromatic rings. The number of aromatic nitrogens is 2. The van der Waals surface area contributed by atoms with Gasteiger partial charge in [-0.2, -0.15) is 4.98 Å². The number of methoxy groups -OCH3 is 1. The molecule has 0 spiro atoms. The summed E-state index contributed by atoms with van der Waals surface area (Å²) in [6.45, 7) is 5.73. The summed E-state index contributed by atoms with van der Waals surface area (Å²) in [4.78, 5) is 9.35. The average molecular weight is 336 g/mol. The Labute approximate surface area is 148 Å². The normalized spacial score (nSPS) is 10.8. The number of para-hydroxylation sites is 1. The molecule has 0 amide bonds. The van der Waals surface area contributed by atoms with E-state index in [1.807, 2.05) is 36.4 Å². The molecule has 0 atom stereocenters. The van der Waals surface area contributed by atoms with E-state index < -0.39 is 0 Å². The number of aryl methyl sites for hydroxylation is 1. The van der Waals surface area contributed by atoms with Gasteiger partial charge in [-0.3, -0.25) is 0 Å². The molecule has 1 aromatic heterocycles. The Morgan fingerprint density at radius 2 is 1.84 bits per heavy atom. The van der Waals surface area contributed by atoms with Crippen LogP contribution in [0.15, 0.2) is 42.5 Å². The number of nitrogens with zero attached hydrogens (tertiary/aromatic N) is 2. The third kappa shape index (κ3) is 4.06. The number of fused-ring (bicyclic) bond motifs is 1. The van der Waals surface area contributed by atoms with E-state index in [2.05, 4.69) is 35.5 Å². The van der Waals surface area contributed by atoms with Crippen LogP contribution in [0.1, 0.15) is 17.5 Å². The number of benzene rings is 2. The van der Waals surface area contributed by atoms with Crippen LogP contribution in [0.5, 0.6) is 0 Å². The molecular formula is C20H24N4O. The van der Waals surface area contributed by atoms with Gasteiger partial charge in [-0.05, 0) is 49.6 Å². The van der Waals surface area contributed by atoms with Crippen molar-refractivity contribution in [3.05, 3.63) is 53.6 Å². The van der Waals surface area contributed by atoms with Gasteiger partial charge >= 0.3 is 0 Å². The first-order chi connectivity index (χ1) is 12.2. The van der Waals surface area contributed by atoms with E-state index in [1.54, 1.807) is 7.11 Å². The van der Waals surface area contributed by atoms with Crippen LogP contribution in [-0.2, 0) is 4.74 Å². The van der Waals surface area contributed by atoms with Gasteiger partial charge < -0.3 is 15.4 Å². The number of rotatable bonds is 7. The van der Waals surface area contributed by atoms with E-state index in [1.165, 1.54) is 11.1 Å². The lowest BCUT2D eigenvalue weighted by molar-refractivity contribution is 0.198. The second kappa shape index (κ2) is 7.94. The van der Waals surface area contributed by atoms with Gasteiger partial charge in [-0.1, -0.05) is 24.3 Å². The summed E-state index contributed by atoms with van der Waals surface area (Å²) in [5.74, 6) is 1.44. The van der Waals surface area contributed by atoms with Crippen molar-refractivity contribution < 1.29 is 4.74 Å². The van der Waals surface area contributed by atoms with Crippen LogP contribution in [0.3, 0.4) is 0 Å². The molecule has 5 nitrogen and oxygen atoms in total. The van der Waals surface area contributed by atoms with Crippen LogP contribution in [-0.4, -0.2) is 30.2 Å². The van der Waals surface area contributed by atoms with Gasteiger partial charge in [0, 0.05) is 31.3 Å². The predicted octanol–water partition coefficient (Wildman–Crippen LogP) is 4.44. The number of hydrogen-bond acceptors (Lipinski definition) is 5. The standard InChI is InChI=1S/C20H24N4O/c1-14-8-6-11-17(15(14)2)22-20-23-18-10-5-4-9-16(18)19(24-20)21-12-7-13-25-3/h4-6,8-11H,7,12-13H2,1-3H3,(H2,21,22,23,24). The van der Waals surface area contributed by atoms with Crippen molar-refractivity contribution in [2.75, 3.05) is 30.9 Å². The van der Waals surface area contributed by atoms with Crippen molar-refractivity contribution in [1.29, 1.82) is 0 Å². The molecule has 0 radical (unpaired) electrons. The molecule has 0 saturated carbocycles. The average Bonchev–Trinajstić information content (AvgIpc) is 2.62. The number of ether oxygens (including phenoxy) is 1. The van der Waals surface area contributed by atoms with E-state index in [9.17, 15) is 0 Å². The lowest BCUT2D eigenvalue weighted by atomic mass is 10.1. The second-order valence-electron chi connectivity index (χ2n) is 6.06. The zero-order chi connectivity index (χ0) is 17.6. The summed E-state index contributed by atoms with van der Waals surface area (Å²) >= 11 is 0. The van der Waals surface area contributed by atoms with Crippen LogP contribution < -0.4 is 10.6 Å². The molecule has 0 bridgehead atoms. The van der Waals surface area contributed by atoms with Crippen molar-refractivity contribution in [3.8, 4) is 0 Å². The van der Waals surface area contributed by atoms with E-state index >= 15 is 0 Å². The molecule has 0 saturated heterocycles. The van der Waals surface area contributed by atoms with Crippen molar-refractivity contribution in [3.63, 3.8) is 0 Å². The maximum Gasteiger partial charge on any atom is 0.229 e. The molecular weight excluding hydrogens is 312 g/mol. The quantitative estimate of drug-likeness (QED) is 0.625. The van der Waals surface area contributed by atoms with E-state index in [0.29, 0.717) is 5.95 Å². The van der Waals surface area contributed by atoms with Crippen molar-refractivity contribution >= 4 is 28.4 Å². The van der Waals surface area contributed by atoms with Gasteiger partial charge in [0.15, 0.2) is 0 Å². The predicted molar refractivity (Wildman–Crippen MR) is 104 cm³/mol. The Morgan fingerprint density at radius 1 is 1.00 bits per heavy atom. The number of nitrogens with one attached hydrogen (secondary N) is 2. The summed E-state index contributed by atoms with van der Waals surface area (Å²) in [5.41, 5.74) is 4.39. The van der Waals surface area contributed by atoms with Gasteiger partial charge in [0.2, 0.25) is 5.95 Å². The highest BCUT2D eigenvalue weighted by Crippen LogP contribution is 2.25. The molecule has 0 unspecified atom stereocenters. The SMILES string of the molecule is COCCCNc1nc(Nc2cccc(C)c2C)nc2ccccc12. The molecule has 2 aromatic carbocycles. The van der Waals surface area contributed by atoms with Crippen LogP contribution in [0.25, 0.3) is 10.9 Å². The van der Waals surface area contributed by atoms with Gasteiger partial charge in [0.25, 0.3) is 0 Å². The Morgan fingerprint density at radius 3 is 2.68 bits per heavy atom. The molecule has 0 aliphatic rings. The topological polar surface area (TPSA) is 59.1 Å². The zero-order valence-corrected chi connectivity index (χ0v) is 15.0. The van der Waals surface area contributed by atoms with Gasteiger partial charge in [-0.25, -0.2) is 4.98 Å². The summed E-state index contributed by atoms with van der Waals surface area (Å²) in [7, 11) is 1.71. The first-order valence-electron chi connectivity index (χ1n) is 8.52.